The number of thiophene rings is 1. The number of ether oxygens (including phenoxy) is 1. The van der Waals surface area contributed by atoms with Crippen LogP contribution in [0.2, 0.25) is 0 Å². The van der Waals surface area contributed by atoms with Gasteiger partial charge in [0.1, 0.15) is 12.1 Å². The number of nitrogens with zero attached hydrogens (tertiary/aromatic N) is 5. The minimum atomic E-state index is 0.423. The normalized spacial score (nSPS) is 18.6. The van der Waals surface area contributed by atoms with Crippen LogP contribution >= 0.6 is 11.3 Å². The Morgan fingerprint density at radius 2 is 2.16 bits per heavy atom. The lowest BCUT2D eigenvalue weighted by Crippen LogP contribution is -2.51. The fourth-order valence-electron chi connectivity index (χ4n) is 3.29. The summed E-state index contributed by atoms with van der Waals surface area (Å²) in [7, 11) is 1.65. The molecule has 0 spiro atoms. The summed E-state index contributed by atoms with van der Waals surface area (Å²) in [4.78, 5) is 18.3. The van der Waals surface area contributed by atoms with Gasteiger partial charge in [-0.25, -0.2) is 15.0 Å². The van der Waals surface area contributed by atoms with Crippen LogP contribution in [0.4, 0.5) is 5.82 Å². The van der Waals surface area contributed by atoms with Crippen molar-refractivity contribution in [3.63, 3.8) is 0 Å². The van der Waals surface area contributed by atoms with Gasteiger partial charge < -0.3 is 9.64 Å². The quantitative estimate of drug-likeness (QED) is 0.717. The van der Waals surface area contributed by atoms with Crippen LogP contribution in [0.3, 0.4) is 0 Å². The van der Waals surface area contributed by atoms with Crippen molar-refractivity contribution in [3.05, 3.63) is 41.7 Å². The summed E-state index contributed by atoms with van der Waals surface area (Å²) in [6, 6.07) is 8.41. The Morgan fingerprint density at radius 3 is 3.00 bits per heavy atom. The highest BCUT2D eigenvalue weighted by Gasteiger charge is 2.26. The average molecular weight is 355 g/mol. The molecule has 0 bridgehead atoms. The van der Waals surface area contributed by atoms with E-state index in [1.165, 1.54) is 4.70 Å². The molecule has 7 heteroatoms. The number of hydrogen-bond acceptors (Lipinski definition) is 7. The number of aromatic nitrogens is 3. The van der Waals surface area contributed by atoms with Gasteiger partial charge in [-0.05, 0) is 24.4 Å². The third kappa shape index (κ3) is 3.29. The van der Waals surface area contributed by atoms with Crippen LogP contribution in [0.5, 0.6) is 5.88 Å². The zero-order valence-corrected chi connectivity index (χ0v) is 15.2. The lowest BCUT2D eigenvalue weighted by atomic mass is 10.1. The molecule has 0 radical (unpaired) electrons. The van der Waals surface area contributed by atoms with E-state index in [-0.39, 0.29) is 0 Å². The number of pyridine rings is 1. The van der Waals surface area contributed by atoms with E-state index >= 15 is 0 Å². The minimum Gasteiger partial charge on any atom is -0.481 e. The van der Waals surface area contributed by atoms with Crippen LogP contribution in [0.15, 0.2) is 36.0 Å². The van der Waals surface area contributed by atoms with Crippen LogP contribution < -0.4 is 9.64 Å². The SMILES string of the molecule is COc1cccc(CN2CCN(c3ncnc4ccsc34)CC2C)n1. The predicted molar refractivity (Wildman–Crippen MR) is 100 cm³/mol. The van der Waals surface area contributed by atoms with Crippen LogP contribution in [0, 0.1) is 0 Å². The van der Waals surface area contributed by atoms with E-state index < -0.39 is 0 Å². The summed E-state index contributed by atoms with van der Waals surface area (Å²) in [5.41, 5.74) is 2.08. The van der Waals surface area contributed by atoms with Crippen LogP contribution in [0.25, 0.3) is 10.2 Å². The van der Waals surface area contributed by atoms with E-state index in [0.717, 1.165) is 43.2 Å². The van der Waals surface area contributed by atoms with E-state index in [0.29, 0.717) is 11.9 Å². The Bertz CT molecular complexity index is 867. The molecule has 130 valence electrons. The van der Waals surface area contributed by atoms with Crippen molar-refractivity contribution in [2.24, 2.45) is 0 Å². The summed E-state index contributed by atoms with van der Waals surface area (Å²) in [5, 5.41) is 2.08. The number of methoxy groups -OCH3 is 1. The van der Waals surface area contributed by atoms with Crippen molar-refractivity contribution in [3.8, 4) is 5.88 Å². The van der Waals surface area contributed by atoms with Crippen LogP contribution in [-0.4, -0.2) is 52.6 Å². The summed E-state index contributed by atoms with van der Waals surface area (Å²) in [6.07, 6.45) is 1.67. The van der Waals surface area contributed by atoms with Gasteiger partial charge in [0.2, 0.25) is 5.88 Å². The van der Waals surface area contributed by atoms with Gasteiger partial charge in [-0.2, -0.15) is 0 Å². The van der Waals surface area contributed by atoms with Crippen molar-refractivity contribution in [1.82, 2.24) is 19.9 Å². The molecule has 1 unspecified atom stereocenters. The zero-order chi connectivity index (χ0) is 17.2. The summed E-state index contributed by atoms with van der Waals surface area (Å²) < 4.78 is 6.41. The first-order valence-corrected chi connectivity index (χ1v) is 9.29. The first-order valence-electron chi connectivity index (χ1n) is 8.41. The Labute approximate surface area is 151 Å². The maximum absolute atomic E-state index is 5.23. The second kappa shape index (κ2) is 6.93. The number of piperazine rings is 1. The lowest BCUT2D eigenvalue weighted by molar-refractivity contribution is 0.178. The van der Waals surface area contributed by atoms with E-state index in [1.807, 2.05) is 12.1 Å². The Morgan fingerprint density at radius 1 is 1.24 bits per heavy atom. The monoisotopic (exact) mass is 355 g/mol. The smallest absolute Gasteiger partial charge is 0.213 e. The van der Waals surface area contributed by atoms with Crippen LogP contribution in [-0.2, 0) is 6.54 Å². The molecule has 1 aliphatic rings. The molecule has 1 atom stereocenters. The number of hydrogen-bond donors (Lipinski definition) is 0. The summed E-state index contributed by atoms with van der Waals surface area (Å²) >= 11 is 1.71. The molecule has 0 aliphatic carbocycles. The van der Waals surface area contributed by atoms with Gasteiger partial charge in [0.15, 0.2) is 0 Å². The van der Waals surface area contributed by atoms with Crippen molar-refractivity contribution >= 4 is 27.4 Å². The van der Waals surface area contributed by atoms with E-state index in [2.05, 4.69) is 49.2 Å². The predicted octanol–water partition coefficient (Wildman–Crippen LogP) is 2.81. The molecule has 6 nitrogen and oxygen atoms in total. The molecule has 4 rings (SSSR count). The number of anilines is 1. The largest absolute Gasteiger partial charge is 0.481 e. The fraction of sp³-hybridized carbons (Fsp3) is 0.389. The van der Waals surface area contributed by atoms with Gasteiger partial charge in [-0.15, -0.1) is 11.3 Å². The highest BCUT2D eigenvalue weighted by Crippen LogP contribution is 2.29. The molecular weight excluding hydrogens is 334 g/mol. The topological polar surface area (TPSA) is 54.4 Å². The number of rotatable bonds is 4. The van der Waals surface area contributed by atoms with Gasteiger partial charge in [0.25, 0.3) is 0 Å². The molecule has 4 heterocycles. The molecule has 0 N–H and O–H groups in total. The fourth-order valence-corrected chi connectivity index (χ4v) is 4.15. The second-order valence-corrected chi connectivity index (χ2v) is 7.19. The molecule has 0 aromatic carbocycles. The highest BCUT2D eigenvalue weighted by atomic mass is 32.1. The lowest BCUT2D eigenvalue weighted by Gasteiger charge is -2.40. The van der Waals surface area contributed by atoms with Crippen LogP contribution in [0.1, 0.15) is 12.6 Å². The van der Waals surface area contributed by atoms with Crippen molar-refractivity contribution in [1.29, 1.82) is 0 Å². The first-order chi connectivity index (χ1) is 12.2. The molecule has 25 heavy (non-hydrogen) atoms. The maximum atomic E-state index is 5.23. The third-order valence-corrected chi connectivity index (χ3v) is 5.54. The van der Waals surface area contributed by atoms with Gasteiger partial charge in [-0.3, -0.25) is 4.90 Å². The second-order valence-electron chi connectivity index (χ2n) is 6.27. The highest BCUT2D eigenvalue weighted by molar-refractivity contribution is 7.17. The molecular formula is C18H21N5OS. The van der Waals surface area contributed by atoms with Crippen molar-refractivity contribution < 1.29 is 4.74 Å². The van der Waals surface area contributed by atoms with Gasteiger partial charge in [0.05, 0.1) is 23.0 Å². The van der Waals surface area contributed by atoms with Crippen molar-refractivity contribution in [2.45, 2.75) is 19.5 Å². The molecule has 0 saturated carbocycles. The maximum Gasteiger partial charge on any atom is 0.213 e. The molecule has 0 amide bonds. The average Bonchev–Trinajstić information content (AvgIpc) is 3.12. The molecule has 1 aliphatic heterocycles. The van der Waals surface area contributed by atoms with E-state index in [4.69, 9.17) is 4.74 Å². The van der Waals surface area contributed by atoms with E-state index in [9.17, 15) is 0 Å². The summed E-state index contributed by atoms with van der Waals surface area (Å²) in [5.74, 6) is 1.73. The van der Waals surface area contributed by atoms with Gasteiger partial charge >= 0.3 is 0 Å². The van der Waals surface area contributed by atoms with Crippen molar-refractivity contribution in [2.75, 3.05) is 31.6 Å². The summed E-state index contributed by atoms with van der Waals surface area (Å²) in [6.45, 7) is 5.99. The van der Waals surface area contributed by atoms with Gasteiger partial charge in [0, 0.05) is 38.3 Å². The Balaban J connectivity index is 1.47. The molecule has 3 aromatic heterocycles. The Kier molecular flexibility index (Phi) is 4.50. The molecule has 1 fully saturated rings. The van der Waals surface area contributed by atoms with Gasteiger partial charge in [-0.1, -0.05) is 6.07 Å². The first kappa shape index (κ1) is 16.2. The third-order valence-electron chi connectivity index (χ3n) is 4.64. The minimum absolute atomic E-state index is 0.423. The molecule has 3 aromatic rings. The molecule has 1 saturated heterocycles. The standard InChI is InChI=1S/C18H21N5OS/c1-13-10-23(18-17-15(6-9-25-17)19-12-20-18)8-7-22(13)11-14-4-3-5-16(21-14)24-2/h3-6,9,12-13H,7-8,10-11H2,1-2H3. The Hall–Kier alpha value is -2.25. The zero-order valence-electron chi connectivity index (χ0n) is 14.4. The number of fused-ring (bicyclic) bond motifs is 1. The van der Waals surface area contributed by atoms with E-state index in [1.54, 1.807) is 24.8 Å².